The van der Waals surface area contributed by atoms with Crippen molar-refractivity contribution < 1.29 is 4.74 Å². The minimum absolute atomic E-state index is 0.448. The summed E-state index contributed by atoms with van der Waals surface area (Å²) in [6, 6.07) is 25.9. The monoisotopic (exact) mass is 397 g/mol. The smallest absolute Gasteiger partial charge is 0.249 e. The van der Waals surface area contributed by atoms with Crippen LogP contribution in [0, 0.1) is 0 Å². The largest absolute Gasteiger partial charge is 0.489 e. The zero-order valence-corrected chi connectivity index (χ0v) is 16.7. The van der Waals surface area contributed by atoms with E-state index in [9.17, 15) is 0 Å². The molecule has 0 fully saturated rings. The summed E-state index contributed by atoms with van der Waals surface area (Å²) in [5.74, 6) is 1.87. The van der Waals surface area contributed by atoms with Gasteiger partial charge in [0, 0.05) is 11.4 Å². The fourth-order valence-electron chi connectivity index (χ4n) is 3.01. The molecule has 0 aliphatic heterocycles. The van der Waals surface area contributed by atoms with E-state index in [4.69, 9.17) is 4.74 Å². The summed E-state index contributed by atoms with van der Waals surface area (Å²) in [6.45, 7) is 2.66. The van der Waals surface area contributed by atoms with Gasteiger partial charge in [-0.05, 0) is 47.9 Å². The number of ether oxygens (including phenoxy) is 1. The summed E-state index contributed by atoms with van der Waals surface area (Å²) in [4.78, 5) is 4.51. The minimum atomic E-state index is 0.448. The highest BCUT2D eigenvalue weighted by Crippen LogP contribution is 2.22. The Morgan fingerprint density at radius 3 is 2.40 bits per heavy atom. The predicted octanol–water partition coefficient (Wildman–Crippen LogP) is 5.50. The van der Waals surface area contributed by atoms with Crippen molar-refractivity contribution in [3.05, 3.63) is 96.2 Å². The molecule has 0 spiro atoms. The molecular weight excluding hydrogens is 374 g/mol. The molecule has 1 heterocycles. The standard InChI is InChI=1S/C24H23N5O/c1-2-19-10-6-7-11-22(19)27-24-28-23(16-25-29-24)26-20-12-14-21(15-13-20)30-17-18-8-4-3-5-9-18/h3-16H,2,17H2,1H3,(H2,26,27,28,29). The first kappa shape index (κ1) is 19.4. The van der Waals surface area contributed by atoms with Gasteiger partial charge in [-0.2, -0.15) is 10.1 Å². The van der Waals surface area contributed by atoms with Gasteiger partial charge in [-0.15, -0.1) is 5.10 Å². The molecule has 3 aromatic carbocycles. The molecule has 0 aliphatic rings. The van der Waals surface area contributed by atoms with Crippen molar-refractivity contribution in [3.63, 3.8) is 0 Å². The van der Waals surface area contributed by atoms with Gasteiger partial charge >= 0.3 is 0 Å². The van der Waals surface area contributed by atoms with Crippen molar-refractivity contribution in [1.29, 1.82) is 0 Å². The number of rotatable bonds is 8. The highest BCUT2D eigenvalue weighted by atomic mass is 16.5. The molecule has 0 bridgehead atoms. The lowest BCUT2D eigenvalue weighted by Crippen LogP contribution is -2.03. The number of anilines is 4. The summed E-state index contributed by atoms with van der Waals surface area (Å²) < 4.78 is 5.83. The number of para-hydroxylation sites is 1. The molecule has 4 rings (SSSR count). The second kappa shape index (κ2) is 9.52. The maximum atomic E-state index is 5.83. The van der Waals surface area contributed by atoms with E-state index >= 15 is 0 Å². The molecule has 0 atom stereocenters. The van der Waals surface area contributed by atoms with Crippen LogP contribution in [-0.2, 0) is 13.0 Å². The van der Waals surface area contributed by atoms with Gasteiger partial charge in [0.05, 0.1) is 6.20 Å². The van der Waals surface area contributed by atoms with Gasteiger partial charge in [0.2, 0.25) is 5.95 Å². The molecular formula is C24H23N5O. The van der Waals surface area contributed by atoms with Crippen LogP contribution in [0.1, 0.15) is 18.1 Å². The van der Waals surface area contributed by atoms with Crippen LogP contribution in [0.2, 0.25) is 0 Å². The molecule has 4 aromatic rings. The second-order valence-corrected chi connectivity index (χ2v) is 6.72. The van der Waals surface area contributed by atoms with Crippen molar-refractivity contribution in [2.45, 2.75) is 20.0 Å². The van der Waals surface area contributed by atoms with Gasteiger partial charge in [-0.25, -0.2) is 0 Å². The molecule has 0 saturated carbocycles. The third kappa shape index (κ3) is 5.11. The van der Waals surface area contributed by atoms with Crippen molar-refractivity contribution in [3.8, 4) is 5.75 Å². The quantitative estimate of drug-likeness (QED) is 0.409. The van der Waals surface area contributed by atoms with Crippen LogP contribution in [-0.4, -0.2) is 15.2 Å². The Morgan fingerprint density at radius 1 is 0.833 bits per heavy atom. The van der Waals surface area contributed by atoms with Crippen molar-refractivity contribution in [1.82, 2.24) is 15.2 Å². The fraction of sp³-hybridized carbons (Fsp3) is 0.125. The summed E-state index contributed by atoms with van der Waals surface area (Å²) in [5, 5.41) is 14.6. The second-order valence-electron chi connectivity index (χ2n) is 6.72. The number of hydrogen-bond acceptors (Lipinski definition) is 6. The van der Waals surface area contributed by atoms with E-state index in [1.54, 1.807) is 6.20 Å². The van der Waals surface area contributed by atoms with Gasteiger partial charge in [-0.3, -0.25) is 0 Å². The summed E-state index contributed by atoms with van der Waals surface area (Å²) >= 11 is 0. The van der Waals surface area contributed by atoms with Crippen LogP contribution >= 0.6 is 0 Å². The molecule has 0 aliphatic carbocycles. The van der Waals surface area contributed by atoms with E-state index in [0.717, 1.165) is 29.1 Å². The van der Waals surface area contributed by atoms with Crippen LogP contribution < -0.4 is 15.4 Å². The average Bonchev–Trinajstić information content (AvgIpc) is 2.80. The van der Waals surface area contributed by atoms with Gasteiger partial charge < -0.3 is 15.4 Å². The summed E-state index contributed by atoms with van der Waals surface area (Å²) in [7, 11) is 0. The van der Waals surface area contributed by atoms with E-state index in [-0.39, 0.29) is 0 Å². The lowest BCUT2D eigenvalue weighted by Gasteiger charge is -2.11. The van der Waals surface area contributed by atoms with E-state index in [2.05, 4.69) is 38.8 Å². The van der Waals surface area contributed by atoms with Crippen LogP contribution in [0.4, 0.5) is 23.1 Å². The zero-order valence-electron chi connectivity index (χ0n) is 16.7. The molecule has 0 unspecified atom stereocenters. The Bertz CT molecular complexity index is 1080. The maximum Gasteiger partial charge on any atom is 0.249 e. The molecule has 0 amide bonds. The number of hydrogen-bond donors (Lipinski definition) is 2. The molecule has 0 saturated heterocycles. The number of nitrogens with zero attached hydrogens (tertiary/aromatic N) is 3. The highest BCUT2D eigenvalue weighted by molar-refractivity contribution is 5.61. The first-order chi connectivity index (χ1) is 14.8. The summed E-state index contributed by atoms with van der Waals surface area (Å²) in [5.41, 5.74) is 4.21. The first-order valence-electron chi connectivity index (χ1n) is 9.88. The van der Waals surface area contributed by atoms with Crippen molar-refractivity contribution >= 4 is 23.1 Å². The van der Waals surface area contributed by atoms with Crippen LogP contribution in [0.5, 0.6) is 5.75 Å². The first-order valence-corrected chi connectivity index (χ1v) is 9.88. The highest BCUT2D eigenvalue weighted by Gasteiger charge is 2.05. The van der Waals surface area contributed by atoms with Gasteiger partial charge in [0.15, 0.2) is 5.82 Å². The van der Waals surface area contributed by atoms with Gasteiger partial charge in [0.1, 0.15) is 12.4 Å². The van der Waals surface area contributed by atoms with Crippen molar-refractivity contribution in [2.75, 3.05) is 10.6 Å². The number of nitrogens with one attached hydrogen (secondary N) is 2. The number of aryl methyl sites for hydroxylation is 1. The molecule has 6 nitrogen and oxygen atoms in total. The van der Waals surface area contributed by atoms with Crippen LogP contribution in [0.3, 0.4) is 0 Å². The lowest BCUT2D eigenvalue weighted by molar-refractivity contribution is 0.306. The molecule has 150 valence electrons. The third-order valence-electron chi connectivity index (χ3n) is 4.58. The predicted molar refractivity (Wildman–Crippen MR) is 119 cm³/mol. The number of aromatic nitrogens is 3. The van der Waals surface area contributed by atoms with E-state index in [1.165, 1.54) is 5.56 Å². The normalized spacial score (nSPS) is 10.4. The Morgan fingerprint density at radius 2 is 1.60 bits per heavy atom. The molecule has 6 heteroatoms. The Balaban J connectivity index is 1.39. The fourth-order valence-corrected chi connectivity index (χ4v) is 3.01. The topological polar surface area (TPSA) is 72.0 Å². The third-order valence-corrected chi connectivity index (χ3v) is 4.58. The molecule has 2 N–H and O–H groups in total. The minimum Gasteiger partial charge on any atom is -0.489 e. The molecule has 0 radical (unpaired) electrons. The maximum absolute atomic E-state index is 5.83. The Kier molecular flexibility index (Phi) is 6.15. The average molecular weight is 397 g/mol. The van der Waals surface area contributed by atoms with Gasteiger partial charge in [0.25, 0.3) is 0 Å². The van der Waals surface area contributed by atoms with E-state index in [0.29, 0.717) is 18.4 Å². The summed E-state index contributed by atoms with van der Waals surface area (Å²) in [6.07, 6.45) is 2.52. The van der Waals surface area contributed by atoms with Crippen molar-refractivity contribution in [2.24, 2.45) is 0 Å². The molecule has 30 heavy (non-hydrogen) atoms. The van der Waals surface area contributed by atoms with Crippen LogP contribution in [0.15, 0.2) is 85.1 Å². The Labute approximate surface area is 176 Å². The molecule has 1 aromatic heterocycles. The Hall–Kier alpha value is -3.93. The lowest BCUT2D eigenvalue weighted by atomic mass is 10.1. The number of benzene rings is 3. The van der Waals surface area contributed by atoms with Gasteiger partial charge in [-0.1, -0.05) is 55.5 Å². The zero-order chi connectivity index (χ0) is 20.6. The van der Waals surface area contributed by atoms with Crippen LogP contribution in [0.25, 0.3) is 0 Å². The van der Waals surface area contributed by atoms with E-state index in [1.807, 2.05) is 72.8 Å². The van der Waals surface area contributed by atoms with E-state index < -0.39 is 0 Å². The SMILES string of the molecule is CCc1ccccc1Nc1nncc(Nc2ccc(OCc3ccccc3)cc2)n1.